The predicted molar refractivity (Wildman–Crippen MR) is 108 cm³/mol. The lowest BCUT2D eigenvalue weighted by molar-refractivity contribution is 0.249. The second-order valence-electron chi connectivity index (χ2n) is 6.82. The highest BCUT2D eigenvalue weighted by atomic mass is 16.2. The number of anilines is 2. The lowest BCUT2D eigenvalue weighted by atomic mass is 10.2. The highest BCUT2D eigenvalue weighted by molar-refractivity contribution is 5.90. The van der Waals surface area contributed by atoms with E-state index in [1.54, 1.807) is 10.9 Å². The smallest absolute Gasteiger partial charge is 0.319 e. The molecule has 1 fully saturated rings. The zero-order chi connectivity index (χ0) is 18.6. The van der Waals surface area contributed by atoms with Gasteiger partial charge in [-0.25, -0.2) is 9.48 Å². The Kier molecular flexibility index (Phi) is 4.78. The van der Waals surface area contributed by atoms with Gasteiger partial charge < -0.3 is 15.5 Å². The molecule has 1 atom stereocenters. The molecule has 1 aromatic heterocycles. The largest absolute Gasteiger partial charge is 0.369 e. The third-order valence-corrected chi connectivity index (χ3v) is 4.87. The van der Waals surface area contributed by atoms with Gasteiger partial charge in [-0.1, -0.05) is 18.2 Å². The van der Waals surface area contributed by atoms with Crippen LogP contribution in [-0.4, -0.2) is 34.9 Å². The Labute approximate surface area is 158 Å². The highest BCUT2D eigenvalue weighted by Gasteiger charge is 2.24. The lowest BCUT2D eigenvalue weighted by Gasteiger charge is -2.19. The van der Waals surface area contributed by atoms with Crippen LogP contribution in [0.5, 0.6) is 0 Å². The number of urea groups is 1. The number of para-hydroxylation sites is 1. The van der Waals surface area contributed by atoms with E-state index in [9.17, 15) is 4.79 Å². The molecule has 0 aliphatic carbocycles. The summed E-state index contributed by atoms with van der Waals surface area (Å²) in [4.78, 5) is 14.7. The van der Waals surface area contributed by atoms with E-state index in [1.165, 1.54) is 5.69 Å². The van der Waals surface area contributed by atoms with E-state index < -0.39 is 0 Å². The van der Waals surface area contributed by atoms with Crippen LogP contribution in [0.1, 0.15) is 12.0 Å². The number of rotatable bonds is 4. The number of carbonyl (C=O) groups excluding carboxylic acids is 1. The summed E-state index contributed by atoms with van der Waals surface area (Å²) in [6.07, 6.45) is 4.59. The molecule has 0 radical (unpaired) electrons. The standard InChI is InChI=1S/C21H23N5O/c1-16-14-19(26-12-5-11-22-26)8-9-20(16)24-21(27)23-17-10-13-25(15-17)18-6-3-2-4-7-18/h2-9,11-12,14,17H,10,13,15H2,1H3,(H2,23,24,27). The summed E-state index contributed by atoms with van der Waals surface area (Å²) in [6, 6.07) is 18.0. The first-order chi connectivity index (χ1) is 13.2. The van der Waals surface area contributed by atoms with Crippen molar-refractivity contribution in [2.45, 2.75) is 19.4 Å². The van der Waals surface area contributed by atoms with E-state index in [0.29, 0.717) is 0 Å². The number of nitrogens with zero attached hydrogens (tertiary/aromatic N) is 3. The Hall–Kier alpha value is -3.28. The number of nitrogens with one attached hydrogen (secondary N) is 2. The molecule has 6 heteroatoms. The summed E-state index contributed by atoms with van der Waals surface area (Å²) in [5.41, 5.74) is 3.97. The Bertz CT molecular complexity index is 908. The fourth-order valence-corrected chi connectivity index (χ4v) is 3.45. The van der Waals surface area contributed by atoms with Gasteiger partial charge in [0.25, 0.3) is 0 Å². The third kappa shape index (κ3) is 3.95. The quantitative estimate of drug-likeness (QED) is 0.747. The van der Waals surface area contributed by atoms with Crippen LogP contribution in [0.2, 0.25) is 0 Å². The van der Waals surface area contributed by atoms with E-state index in [2.05, 4.69) is 32.8 Å². The zero-order valence-corrected chi connectivity index (χ0v) is 15.3. The number of benzene rings is 2. The first-order valence-electron chi connectivity index (χ1n) is 9.17. The monoisotopic (exact) mass is 361 g/mol. The molecule has 1 unspecified atom stereocenters. The van der Waals surface area contributed by atoms with Crippen LogP contribution in [-0.2, 0) is 0 Å². The number of aromatic nitrogens is 2. The first-order valence-corrected chi connectivity index (χ1v) is 9.17. The topological polar surface area (TPSA) is 62.2 Å². The van der Waals surface area contributed by atoms with Crippen molar-refractivity contribution in [1.82, 2.24) is 15.1 Å². The minimum absolute atomic E-state index is 0.147. The Morgan fingerprint density at radius 1 is 1.11 bits per heavy atom. The summed E-state index contributed by atoms with van der Waals surface area (Å²) >= 11 is 0. The fourth-order valence-electron chi connectivity index (χ4n) is 3.45. The molecule has 0 saturated carbocycles. The van der Waals surface area contributed by atoms with Gasteiger partial charge in [0.05, 0.1) is 5.69 Å². The molecule has 4 rings (SSSR count). The molecule has 27 heavy (non-hydrogen) atoms. The maximum Gasteiger partial charge on any atom is 0.319 e. The van der Waals surface area contributed by atoms with Crippen LogP contribution in [0, 0.1) is 6.92 Å². The van der Waals surface area contributed by atoms with Crippen molar-refractivity contribution in [3.8, 4) is 5.69 Å². The molecule has 0 spiro atoms. The van der Waals surface area contributed by atoms with Crippen molar-refractivity contribution in [2.24, 2.45) is 0 Å². The van der Waals surface area contributed by atoms with Gasteiger partial charge in [0.2, 0.25) is 0 Å². The van der Waals surface area contributed by atoms with Crippen LogP contribution in [0.4, 0.5) is 16.2 Å². The molecule has 2 aromatic carbocycles. The summed E-state index contributed by atoms with van der Waals surface area (Å²) < 4.78 is 1.80. The average molecular weight is 361 g/mol. The Morgan fingerprint density at radius 2 is 1.96 bits per heavy atom. The van der Waals surface area contributed by atoms with Gasteiger partial charge in [0, 0.05) is 42.9 Å². The van der Waals surface area contributed by atoms with Crippen molar-refractivity contribution in [3.05, 3.63) is 72.6 Å². The molecule has 1 saturated heterocycles. The van der Waals surface area contributed by atoms with Gasteiger partial charge in [0.1, 0.15) is 0 Å². The molecule has 3 aromatic rings. The molecule has 2 N–H and O–H groups in total. The Balaban J connectivity index is 1.35. The minimum atomic E-state index is -0.162. The van der Waals surface area contributed by atoms with Crippen molar-refractivity contribution < 1.29 is 4.79 Å². The molecule has 138 valence electrons. The summed E-state index contributed by atoms with van der Waals surface area (Å²) in [5.74, 6) is 0. The minimum Gasteiger partial charge on any atom is -0.369 e. The summed E-state index contributed by atoms with van der Waals surface area (Å²) in [6.45, 7) is 3.76. The molecule has 2 amide bonds. The van der Waals surface area contributed by atoms with Gasteiger partial charge in [-0.05, 0) is 55.3 Å². The van der Waals surface area contributed by atoms with Crippen molar-refractivity contribution in [1.29, 1.82) is 0 Å². The SMILES string of the molecule is Cc1cc(-n2cccn2)ccc1NC(=O)NC1CCN(c2ccccc2)C1. The van der Waals surface area contributed by atoms with Gasteiger partial charge in [-0.2, -0.15) is 5.10 Å². The molecule has 2 heterocycles. The van der Waals surface area contributed by atoms with Crippen molar-refractivity contribution >= 4 is 17.4 Å². The second-order valence-corrected chi connectivity index (χ2v) is 6.82. The van der Waals surface area contributed by atoms with Crippen LogP contribution < -0.4 is 15.5 Å². The van der Waals surface area contributed by atoms with Gasteiger partial charge in [0.15, 0.2) is 0 Å². The third-order valence-electron chi connectivity index (χ3n) is 4.87. The summed E-state index contributed by atoms with van der Waals surface area (Å²) in [7, 11) is 0. The van der Waals surface area contributed by atoms with E-state index in [0.717, 1.165) is 36.4 Å². The molecular weight excluding hydrogens is 338 g/mol. The van der Waals surface area contributed by atoms with E-state index >= 15 is 0 Å². The molecule has 1 aliphatic rings. The lowest BCUT2D eigenvalue weighted by Crippen LogP contribution is -2.39. The number of hydrogen-bond donors (Lipinski definition) is 2. The van der Waals surface area contributed by atoms with Gasteiger partial charge in [-0.15, -0.1) is 0 Å². The molecule has 1 aliphatic heterocycles. The van der Waals surface area contributed by atoms with Crippen molar-refractivity contribution in [2.75, 3.05) is 23.3 Å². The van der Waals surface area contributed by atoms with E-state index in [-0.39, 0.29) is 12.1 Å². The first kappa shape index (κ1) is 17.1. The van der Waals surface area contributed by atoms with Crippen LogP contribution in [0.15, 0.2) is 67.0 Å². The van der Waals surface area contributed by atoms with E-state index in [4.69, 9.17) is 0 Å². The number of amides is 2. The average Bonchev–Trinajstić information content (AvgIpc) is 3.36. The van der Waals surface area contributed by atoms with Gasteiger partial charge >= 0.3 is 6.03 Å². The number of carbonyl (C=O) groups is 1. The van der Waals surface area contributed by atoms with Crippen LogP contribution in [0.3, 0.4) is 0 Å². The summed E-state index contributed by atoms with van der Waals surface area (Å²) in [5, 5.41) is 10.3. The maximum absolute atomic E-state index is 12.4. The van der Waals surface area contributed by atoms with Crippen molar-refractivity contribution in [3.63, 3.8) is 0 Å². The predicted octanol–water partition coefficient (Wildman–Crippen LogP) is 3.58. The van der Waals surface area contributed by atoms with Crippen LogP contribution in [0.25, 0.3) is 5.69 Å². The highest BCUT2D eigenvalue weighted by Crippen LogP contribution is 2.21. The van der Waals surface area contributed by atoms with Crippen LogP contribution >= 0.6 is 0 Å². The van der Waals surface area contributed by atoms with Gasteiger partial charge in [-0.3, -0.25) is 0 Å². The number of hydrogen-bond acceptors (Lipinski definition) is 3. The Morgan fingerprint density at radius 3 is 2.70 bits per heavy atom. The fraction of sp³-hybridized carbons (Fsp3) is 0.238. The molecule has 0 bridgehead atoms. The maximum atomic E-state index is 12.4. The number of aryl methyl sites for hydroxylation is 1. The second kappa shape index (κ2) is 7.53. The molecule has 6 nitrogen and oxygen atoms in total. The normalized spacial score (nSPS) is 16.3. The molecular formula is C21H23N5O. The van der Waals surface area contributed by atoms with E-state index in [1.807, 2.05) is 55.6 Å². The zero-order valence-electron chi connectivity index (χ0n) is 15.3.